The Labute approximate surface area is 125 Å². The molecule has 0 aliphatic rings. The third-order valence-electron chi connectivity index (χ3n) is 3.96. The van der Waals surface area contributed by atoms with Crippen molar-refractivity contribution >= 4 is 5.91 Å². The minimum atomic E-state index is -0.164. The molecule has 0 heterocycles. The minimum absolute atomic E-state index is 0.0417. The van der Waals surface area contributed by atoms with E-state index in [1.54, 1.807) is 24.1 Å². The molecule has 2 aromatic carbocycles. The molecule has 21 heavy (non-hydrogen) atoms. The third kappa shape index (κ3) is 3.43. The number of hydrogen-bond acceptors (Lipinski definition) is 2. The third-order valence-corrected chi connectivity index (χ3v) is 3.96. The summed E-state index contributed by atoms with van der Waals surface area (Å²) in [7, 11) is 1.78. The van der Waals surface area contributed by atoms with Gasteiger partial charge in [-0.15, -0.1) is 0 Å². The number of nitrogens with zero attached hydrogens (tertiary/aromatic N) is 1. The van der Waals surface area contributed by atoms with Crippen LogP contribution in [0.2, 0.25) is 0 Å². The molecular weight excluding hydrogens is 262 g/mol. The lowest BCUT2D eigenvalue weighted by Crippen LogP contribution is -2.31. The maximum atomic E-state index is 12.4. The van der Waals surface area contributed by atoms with Gasteiger partial charge in [-0.3, -0.25) is 4.79 Å². The number of hydrogen-bond donors (Lipinski definition) is 1. The minimum Gasteiger partial charge on any atom is -0.508 e. The monoisotopic (exact) mass is 283 g/mol. The lowest BCUT2D eigenvalue weighted by molar-refractivity contribution is -0.131. The molecule has 2 rings (SSSR count). The van der Waals surface area contributed by atoms with E-state index in [9.17, 15) is 9.90 Å². The van der Waals surface area contributed by atoms with Crippen molar-refractivity contribution in [3.63, 3.8) is 0 Å². The number of phenolic OH excluding ortho intramolecular Hbond substituents is 1. The van der Waals surface area contributed by atoms with E-state index in [4.69, 9.17) is 0 Å². The summed E-state index contributed by atoms with van der Waals surface area (Å²) in [4.78, 5) is 14.1. The Hall–Kier alpha value is -2.29. The second kappa shape index (κ2) is 6.44. The zero-order valence-corrected chi connectivity index (χ0v) is 12.7. The Balaban J connectivity index is 2.13. The summed E-state index contributed by atoms with van der Waals surface area (Å²) in [6.45, 7) is 3.93. The van der Waals surface area contributed by atoms with Gasteiger partial charge in [-0.05, 0) is 31.0 Å². The van der Waals surface area contributed by atoms with Crippen LogP contribution in [0.15, 0.2) is 48.5 Å². The number of aromatic hydroxyl groups is 1. The highest BCUT2D eigenvalue weighted by molar-refractivity contribution is 5.79. The van der Waals surface area contributed by atoms with E-state index in [0.717, 1.165) is 16.7 Å². The summed E-state index contributed by atoms with van der Waals surface area (Å²) in [6.07, 6.45) is 0.376. The van der Waals surface area contributed by atoms with Crippen LogP contribution in [0, 0.1) is 6.92 Å². The molecule has 1 amide bonds. The van der Waals surface area contributed by atoms with Crippen LogP contribution in [0.3, 0.4) is 0 Å². The van der Waals surface area contributed by atoms with Gasteiger partial charge >= 0.3 is 0 Å². The average molecular weight is 283 g/mol. The molecular formula is C18H21NO2. The molecule has 0 bridgehead atoms. The molecule has 0 fully saturated rings. The van der Waals surface area contributed by atoms with Gasteiger partial charge in [0.1, 0.15) is 5.75 Å². The molecule has 3 heteroatoms. The Kier molecular flexibility index (Phi) is 4.63. The fraction of sp³-hybridized carbons (Fsp3) is 0.278. The van der Waals surface area contributed by atoms with Crippen LogP contribution in [0.5, 0.6) is 5.75 Å². The highest BCUT2D eigenvalue weighted by atomic mass is 16.3. The first kappa shape index (κ1) is 15.1. The van der Waals surface area contributed by atoms with Gasteiger partial charge in [0.2, 0.25) is 5.91 Å². The SMILES string of the molecule is Cc1ccccc1CC(=O)N(C)C(C)c1ccccc1O. The van der Waals surface area contributed by atoms with E-state index in [0.29, 0.717) is 6.42 Å². The number of benzene rings is 2. The normalized spacial score (nSPS) is 12.0. The number of aryl methyl sites for hydroxylation is 1. The van der Waals surface area contributed by atoms with Crippen molar-refractivity contribution in [3.05, 3.63) is 65.2 Å². The summed E-state index contributed by atoms with van der Waals surface area (Å²) in [6, 6.07) is 14.9. The highest BCUT2D eigenvalue weighted by Gasteiger charge is 2.20. The fourth-order valence-electron chi connectivity index (χ4n) is 2.36. The van der Waals surface area contributed by atoms with E-state index < -0.39 is 0 Å². The Morgan fingerprint density at radius 3 is 2.43 bits per heavy atom. The van der Waals surface area contributed by atoms with Gasteiger partial charge < -0.3 is 10.0 Å². The summed E-state index contributed by atoms with van der Waals surface area (Å²) in [5, 5.41) is 9.91. The highest BCUT2D eigenvalue weighted by Crippen LogP contribution is 2.27. The summed E-state index contributed by atoms with van der Waals surface area (Å²) in [5.41, 5.74) is 2.92. The number of carbonyl (C=O) groups excluding carboxylic acids is 1. The Morgan fingerprint density at radius 1 is 1.14 bits per heavy atom. The molecule has 0 aliphatic carbocycles. The van der Waals surface area contributed by atoms with Gasteiger partial charge in [0.15, 0.2) is 0 Å². The number of para-hydroxylation sites is 1. The number of amides is 1. The van der Waals surface area contributed by atoms with Crippen LogP contribution in [0.4, 0.5) is 0 Å². The predicted octanol–water partition coefficient (Wildman–Crippen LogP) is 3.46. The lowest BCUT2D eigenvalue weighted by atomic mass is 10.0. The Morgan fingerprint density at radius 2 is 1.76 bits per heavy atom. The van der Waals surface area contributed by atoms with Gasteiger partial charge in [0.25, 0.3) is 0 Å². The van der Waals surface area contributed by atoms with Gasteiger partial charge in [0.05, 0.1) is 12.5 Å². The summed E-state index contributed by atoms with van der Waals surface area (Å²) in [5.74, 6) is 0.264. The molecule has 0 radical (unpaired) electrons. The molecule has 0 aliphatic heterocycles. The van der Waals surface area contributed by atoms with Crippen LogP contribution >= 0.6 is 0 Å². The van der Waals surface area contributed by atoms with Crippen LogP contribution in [-0.2, 0) is 11.2 Å². The van der Waals surface area contributed by atoms with E-state index in [1.165, 1.54) is 0 Å². The molecule has 0 saturated heterocycles. The smallest absolute Gasteiger partial charge is 0.227 e. The van der Waals surface area contributed by atoms with E-state index >= 15 is 0 Å². The standard InChI is InChI=1S/C18H21NO2/c1-13-8-4-5-9-15(13)12-18(21)19(3)14(2)16-10-6-7-11-17(16)20/h4-11,14,20H,12H2,1-3H3. The molecule has 1 atom stereocenters. The first-order valence-electron chi connectivity index (χ1n) is 7.08. The van der Waals surface area contributed by atoms with Crippen LogP contribution in [0.25, 0.3) is 0 Å². The van der Waals surface area contributed by atoms with Crippen molar-refractivity contribution in [1.29, 1.82) is 0 Å². The number of phenols is 1. The maximum Gasteiger partial charge on any atom is 0.227 e. The van der Waals surface area contributed by atoms with E-state index in [2.05, 4.69) is 0 Å². The van der Waals surface area contributed by atoms with E-state index in [-0.39, 0.29) is 17.7 Å². The molecule has 1 unspecified atom stereocenters. The average Bonchev–Trinajstić information content (AvgIpc) is 2.48. The number of rotatable bonds is 4. The lowest BCUT2D eigenvalue weighted by Gasteiger charge is -2.26. The number of likely N-dealkylation sites (N-methyl/N-ethyl adjacent to an activating group) is 1. The summed E-state index contributed by atoms with van der Waals surface area (Å²) < 4.78 is 0. The summed E-state index contributed by atoms with van der Waals surface area (Å²) >= 11 is 0. The second-order valence-corrected chi connectivity index (χ2v) is 5.34. The fourth-order valence-corrected chi connectivity index (χ4v) is 2.36. The zero-order chi connectivity index (χ0) is 15.4. The van der Waals surface area contributed by atoms with Crippen molar-refractivity contribution in [2.24, 2.45) is 0 Å². The molecule has 1 N–H and O–H groups in total. The van der Waals surface area contributed by atoms with Crippen LogP contribution in [0.1, 0.15) is 29.7 Å². The quantitative estimate of drug-likeness (QED) is 0.933. The van der Waals surface area contributed by atoms with Crippen LogP contribution < -0.4 is 0 Å². The predicted molar refractivity (Wildman–Crippen MR) is 84.2 cm³/mol. The first-order chi connectivity index (χ1) is 10.0. The van der Waals surface area contributed by atoms with Crippen LogP contribution in [-0.4, -0.2) is 23.0 Å². The molecule has 3 nitrogen and oxygen atoms in total. The van der Waals surface area contributed by atoms with Crippen molar-refractivity contribution in [2.45, 2.75) is 26.3 Å². The Bertz CT molecular complexity index is 637. The maximum absolute atomic E-state index is 12.4. The van der Waals surface area contributed by atoms with Crippen molar-refractivity contribution in [1.82, 2.24) is 4.90 Å². The van der Waals surface area contributed by atoms with Crippen molar-refractivity contribution in [2.75, 3.05) is 7.05 Å². The molecule has 0 spiro atoms. The second-order valence-electron chi connectivity index (χ2n) is 5.34. The van der Waals surface area contributed by atoms with Crippen molar-refractivity contribution < 1.29 is 9.90 Å². The van der Waals surface area contributed by atoms with Gasteiger partial charge in [0, 0.05) is 12.6 Å². The zero-order valence-electron chi connectivity index (χ0n) is 12.7. The van der Waals surface area contributed by atoms with Gasteiger partial charge in [-0.25, -0.2) is 0 Å². The molecule has 110 valence electrons. The van der Waals surface area contributed by atoms with E-state index in [1.807, 2.05) is 50.2 Å². The number of carbonyl (C=O) groups is 1. The molecule has 0 saturated carbocycles. The first-order valence-corrected chi connectivity index (χ1v) is 7.08. The largest absolute Gasteiger partial charge is 0.508 e. The molecule has 0 aromatic heterocycles. The van der Waals surface area contributed by atoms with Crippen molar-refractivity contribution in [3.8, 4) is 5.75 Å². The van der Waals surface area contributed by atoms with Gasteiger partial charge in [-0.2, -0.15) is 0 Å². The topological polar surface area (TPSA) is 40.5 Å². The molecule has 2 aromatic rings. The van der Waals surface area contributed by atoms with Gasteiger partial charge in [-0.1, -0.05) is 42.5 Å².